The van der Waals surface area contributed by atoms with Crippen molar-refractivity contribution in [2.75, 3.05) is 32.9 Å². The molecule has 0 aliphatic carbocycles. The first-order chi connectivity index (χ1) is 16.1. The maximum absolute atomic E-state index is 11.7. The molecule has 0 aliphatic rings. The summed E-state index contributed by atoms with van der Waals surface area (Å²) >= 11 is 7.30. The second-order valence-electron chi connectivity index (χ2n) is 6.86. The minimum atomic E-state index is -0.0271. The molecule has 3 aromatic rings. The van der Waals surface area contributed by atoms with Gasteiger partial charge in [0.05, 0.1) is 31.7 Å². The van der Waals surface area contributed by atoms with Crippen LogP contribution in [0.15, 0.2) is 52.2 Å². The molecule has 0 saturated heterocycles. The van der Waals surface area contributed by atoms with E-state index in [2.05, 4.69) is 20.5 Å². The third-order valence-corrected chi connectivity index (χ3v) is 5.39. The summed E-state index contributed by atoms with van der Waals surface area (Å²) in [7, 11) is 0. The molecule has 0 saturated carbocycles. The minimum Gasteiger partial charge on any atom is -0.492 e. The average Bonchev–Trinajstić information content (AvgIpc) is 3.31. The highest BCUT2D eigenvalue weighted by Gasteiger charge is 2.10. The van der Waals surface area contributed by atoms with Gasteiger partial charge in [-0.2, -0.15) is 0 Å². The number of amides is 1. The van der Waals surface area contributed by atoms with Gasteiger partial charge < -0.3 is 24.9 Å². The summed E-state index contributed by atoms with van der Waals surface area (Å²) in [6.07, 6.45) is 2.67. The number of carbonyl (C=O) groups excluding carboxylic acids is 1. The number of hydrogen-bond donors (Lipinski definition) is 2. The third-order valence-electron chi connectivity index (χ3n) is 4.29. The van der Waals surface area contributed by atoms with Gasteiger partial charge in [-0.1, -0.05) is 23.4 Å². The normalized spacial score (nSPS) is 10.8. The lowest BCUT2D eigenvalue weighted by atomic mass is 10.2. The molecule has 176 valence electrons. The standard InChI is InChI=1S/C22H26ClN5O4S/c23-17-5-3-16(4-6-17)21-27-28-22(32-21)33-15-18-7-8-19(14-26-18)31-11-1-2-20(29)25-10-13-30-12-9-24/h3-8,14H,1-2,9-13,15,24H2,(H,25,29). The maximum atomic E-state index is 11.7. The molecule has 0 aliphatic heterocycles. The van der Waals surface area contributed by atoms with Crippen molar-refractivity contribution in [3.63, 3.8) is 0 Å². The highest BCUT2D eigenvalue weighted by Crippen LogP contribution is 2.26. The van der Waals surface area contributed by atoms with Gasteiger partial charge in [-0.15, -0.1) is 10.2 Å². The predicted molar refractivity (Wildman–Crippen MR) is 126 cm³/mol. The average molecular weight is 492 g/mol. The minimum absolute atomic E-state index is 0.0271. The lowest BCUT2D eigenvalue weighted by Crippen LogP contribution is -2.28. The van der Waals surface area contributed by atoms with E-state index < -0.39 is 0 Å². The van der Waals surface area contributed by atoms with Crippen LogP contribution >= 0.6 is 23.4 Å². The highest BCUT2D eigenvalue weighted by atomic mass is 35.5. The number of rotatable bonds is 14. The van der Waals surface area contributed by atoms with E-state index in [4.69, 9.17) is 31.2 Å². The van der Waals surface area contributed by atoms with Gasteiger partial charge in [0.2, 0.25) is 11.8 Å². The highest BCUT2D eigenvalue weighted by molar-refractivity contribution is 7.98. The molecule has 1 amide bonds. The Labute approximate surface area is 201 Å². The number of nitrogens with one attached hydrogen (secondary N) is 1. The first-order valence-corrected chi connectivity index (χ1v) is 11.8. The fraction of sp³-hybridized carbons (Fsp3) is 0.364. The molecule has 0 atom stereocenters. The van der Waals surface area contributed by atoms with Crippen LogP contribution in [0.3, 0.4) is 0 Å². The number of ether oxygens (including phenoxy) is 2. The number of hydrogen-bond acceptors (Lipinski definition) is 9. The van der Waals surface area contributed by atoms with Crippen molar-refractivity contribution in [3.8, 4) is 17.2 Å². The van der Waals surface area contributed by atoms with Crippen LogP contribution in [0.1, 0.15) is 18.5 Å². The van der Waals surface area contributed by atoms with Crippen LogP contribution in [0.4, 0.5) is 0 Å². The number of thioether (sulfide) groups is 1. The zero-order valence-electron chi connectivity index (χ0n) is 18.0. The molecular formula is C22H26ClN5O4S. The molecule has 0 spiro atoms. The smallest absolute Gasteiger partial charge is 0.277 e. The molecule has 11 heteroatoms. The fourth-order valence-electron chi connectivity index (χ4n) is 2.65. The summed E-state index contributed by atoms with van der Waals surface area (Å²) in [5.41, 5.74) is 6.99. The molecule has 0 radical (unpaired) electrons. The lowest BCUT2D eigenvalue weighted by Gasteiger charge is -2.07. The molecule has 0 bridgehead atoms. The summed E-state index contributed by atoms with van der Waals surface area (Å²) < 4.78 is 16.5. The summed E-state index contributed by atoms with van der Waals surface area (Å²) in [5.74, 6) is 1.65. The summed E-state index contributed by atoms with van der Waals surface area (Å²) in [5, 5.41) is 12.0. The van der Waals surface area contributed by atoms with Gasteiger partial charge in [0, 0.05) is 35.8 Å². The maximum Gasteiger partial charge on any atom is 0.277 e. The number of carbonyl (C=O) groups is 1. The van der Waals surface area contributed by atoms with E-state index in [-0.39, 0.29) is 5.91 Å². The zero-order valence-corrected chi connectivity index (χ0v) is 19.6. The molecule has 2 aromatic heterocycles. The molecule has 0 unspecified atom stereocenters. The van der Waals surface area contributed by atoms with Gasteiger partial charge in [0.15, 0.2) is 0 Å². The first kappa shape index (κ1) is 25.0. The van der Waals surface area contributed by atoms with Gasteiger partial charge >= 0.3 is 0 Å². The number of pyridine rings is 1. The second kappa shape index (κ2) is 13.8. The van der Waals surface area contributed by atoms with Gasteiger partial charge in [0.1, 0.15) is 5.75 Å². The molecule has 1 aromatic carbocycles. The van der Waals surface area contributed by atoms with Crippen LogP contribution in [0.25, 0.3) is 11.5 Å². The second-order valence-corrected chi connectivity index (χ2v) is 8.22. The Balaban J connectivity index is 1.33. The van der Waals surface area contributed by atoms with Gasteiger partial charge in [0.25, 0.3) is 5.22 Å². The van der Waals surface area contributed by atoms with E-state index in [9.17, 15) is 4.79 Å². The quantitative estimate of drug-likeness (QED) is 0.258. The van der Waals surface area contributed by atoms with Crippen LogP contribution in [-0.2, 0) is 15.3 Å². The fourth-order valence-corrected chi connectivity index (χ4v) is 3.46. The van der Waals surface area contributed by atoms with Gasteiger partial charge in [-0.3, -0.25) is 9.78 Å². The third kappa shape index (κ3) is 9.01. The van der Waals surface area contributed by atoms with Crippen molar-refractivity contribution < 1.29 is 18.7 Å². The SMILES string of the molecule is NCCOCCNC(=O)CCCOc1ccc(CSc2nnc(-c3ccc(Cl)cc3)o2)nc1. The van der Waals surface area contributed by atoms with E-state index in [1.165, 1.54) is 11.8 Å². The number of halogens is 1. The van der Waals surface area contributed by atoms with Crippen LogP contribution < -0.4 is 15.8 Å². The monoisotopic (exact) mass is 491 g/mol. The molecule has 3 rings (SSSR count). The van der Waals surface area contributed by atoms with Crippen LogP contribution in [0, 0.1) is 0 Å². The van der Waals surface area contributed by atoms with Gasteiger partial charge in [-0.25, -0.2) is 0 Å². The van der Waals surface area contributed by atoms with E-state index >= 15 is 0 Å². The van der Waals surface area contributed by atoms with E-state index in [1.54, 1.807) is 18.3 Å². The van der Waals surface area contributed by atoms with Crippen molar-refractivity contribution in [3.05, 3.63) is 53.3 Å². The number of nitrogens with two attached hydrogens (primary N) is 1. The van der Waals surface area contributed by atoms with Crippen molar-refractivity contribution >= 4 is 29.3 Å². The van der Waals surface area contributed by atoms with Crippen LogP contribution in [0.5, 0.6) is 5.75 Å². The molecule has 2 heterocycles. The Kier molecular flexibility index (Phi) is 10.4. The molecule has 0 fully saturated rings. The Bertz CT molecular complexity index is 985. The first-order valence-electron chi connectivity index (χ1n) is 10.5. The summed E-state index contributed by atoms with van der Waals surface area (Å²) in [4.78, 5) is 16.1. The summed E-state index contributed by atoms with van der Waals surface area (Å²) in [6, 6.07) is 10.9. The number of nitrogens with zero attached hydrogens (tertiary/aromatic N) is 3. The summed E-state index contributed by atoms with van der Waals surface area (Å²) in [6.45, 7) is 2.35. The van der Waals surface area contributed by atoms with Crippen molar-refractivity contribution in [2.24, 2.45) is 5.73 Å². The Morgan fingerprint density at radius 2 is 1.97 bits per heavy atom. The van der Waals surface area contributed by atoms with E-state index in [0.717, 1.165) is 11.3 Å². The number of aromatic nitrogens is 3. The van der Waals surface area contributed by atoms with Crippen molar-refractivity contribution in [1.82, 2.24) is 20.5 Å². The van der Waals surface area contributed by atoms with Crippen LogP contribution in [0.2, 0.25) is 5.02 Å². The van der Waals surface area contributed by atoms with Crippen molar-refractivity contribution in [1.29, 1.82) is 0 Å². The van der Waals surface area contributed by atoms with E-state index in [0.29, 0.717) is 73.4 Å². The largest absolute Gasteiger partial charge is 0.492 e. The number of benzene rings is 1. The van der Waals surface area contributed by atoms with Crippen molar-refractivity contribution in [2.45, 2.75) is 23.8 Å². The molecular weight excluding hydrogens is 466 g/mol. The molecule has 33 heavy (non-hydrogen) atoms. The Hall–Kier alpha value is -2.66. The Morgan fingerprint density at radius 3 is 2.73 bits per heavy atom. The Morgan fingerprint density at radius 1 is 1.12 bits per heavy atom. The molecule has 9 nitrogen and oxygen atoms in total. The molecule has 3 N–H and O–H groups in total. The predicted octanol–water partition coefficient (Wildman–Crippen LogP) is 3.33. The van der Waals surface area contributed by atoms with E-state index in [1.807, 2.05) is 24.3 Å². The van der Waals surface area contributed by atoms with Gasteiger partial charge in [-0.05, 0) is 42.8 Å². The topological polar surface area (TPSA) is 125 Å². The lowest BCUT2D eigenvalue weighted by molar-refractivity contribution is -0.121. The zero-order chi connectivity index (χ0) is 23.3. The van der Waals surface area contributed by atoms with Crippen LogP contribution in [-0.4, -0.2) is 54.0 Å².